The molecule has 0 aromatic carbocycles. The molecule has 6 nitrogen and oxygen atoms in total. The first kappa shape index (κ1) is 14.9. The van der Waals surface area contributed by atoms with Crippen LogP contribution in [0.5, 0.6) is 0 Å². The number of nitrogens with one attached hydrogen (secondary N) is 2. The van der Waals surface area contributed by atoms with Gasteiger partial charge in [-0.05, 0) is 32.9 Å². The van der Waals surface area contributed by atoms with Crippen LogP contribution < -0.4 is 10.0 Å². The highest BCUT2D eigenvalue weighted by molar-refractivity contribution is 7.91. The van der Waals surface area contributed by atoms with Gasteiger partial charge in [0.25, 0.3) is 10.0 Å². The van der Waals surface area contributed by atoms with Gasteiger partial charge in [-0.1, -0.05) is 0 Å². The number of nitrogens with zero attached hydrogens (tertiary/aromatic N) is 1. The van der Waals surface area contributed by atoms with Gasteiger partial charge in [0.1, 0.15) is 0 Å². The molecule has 1 aliphatic rings. The molecule has 1 aromatic rings. The molecule has 0 aliphatic carbocycles. The quantitative estimate of drug-likeness (QED) is 0.748. The van der Waals surface area contributed by atoms with Crippen molar-refractivity contribution < 1.29 is 13.2 Å². The maximum absolute atomic E-state index is 11.9. The zero-order valence-corrected chi connectivity index (χ0v) is 12.5. The van der Waals surface area contributed by atoms with Crippen LogP contribution in [0.15, 0.2) is 10.4 Å². The lowest BCUT2D eigenvalue weighted by atomic mass is 10.1. The van der Waals surface area contributed by atoms with Gasteiger partial charge < -0.3 is 10.1 Å². The SMILES string of the molecule is Cc1ncc(S(=O)(=O)NCCOC2CCNCC2)s1. The largest absolute Gasteiger partial charge is 0.377 e. The molecule has 8 heteroatoms. The van der Waals surface area contributed by atoms with Crippen molar-refractivity contribution in [1.82, 2.24) is 15.0 Å². The van der Waals surface area contributed by atoms with E-state index < -0.39 is 10.0 Å². The van der Waals surface area contributed by atoms with E-state index in [0.29, 0.717) is 13.2 Å². The Morgan fingerprint density at radius 2 is 2.26 bits per heavy atom. The fraction of sp³-hybridized carbons (Fsp3) is 0.727. The minimum atomic E-state index is -3.43. The molecule has 2 N–H and O–H groups in total. The van der Waals surface area contributed by atoms with Crippen LogP contribution in [0.1, 0.15) is 17.8 Å². The Kier molecular flexibility index (Phi) is 5.28. The lowest BCUT2D eigenvalue weighted by Crippen LogP contribution is -2.34. The van der Waals surface area contributed by atoms with Gasteiger partial charge in [0.05, 0.1) is 23.9 Å². The first-order valence-electron chi connectivity index (χ1n) is 6.32. The van der Waals surface area contributed by atoms with Crippen LogP contribution in [-0.4, -0.2) is 45.7 Å². The van der Waals surface area contributed by atoms with E-state index in [2.05, 4.69) is 15.0 Å². The van der Waals surface area contributed by atoms with Gasteiger partial charge in [-0.2, -0.15) is 0 Å². The minimum absolute atomic E-state index is 0.247. The van der Waals surface area contributed by atoms with Crippen molar-refractivity contribution in [2.45, 2.75) is 30.1 Å². The minimum Gasteiger partial charge on any atom is -0.377 e. The zero-order chi connectivity index (χ0) is 13.7. The third-order valence-electron chi connectivity index (χ3n) is 2.90. The number of piperidine rings is 1. The number of hydrogen-bond donors (Lipinski definition) is 2. The van der Waals surface area contributed by atoms with Crippen LogP contribution in [0, 0.1) is 6.92 Å². The summed E-state index contributed by atoms with van der Waals surface area (Å²) in [6.45, 7) is 4.42. The van der Waals surface area contributed by atoms with E-state index in [1.807, 2.05) is 0 Å². The molecule has 0 bridgehead atoms. The van der Waals surface area contributed by atoms with Gasteiger partial charge in [-0.15, -0.1) is 11.3 Å². The molecule has 0 spiro atoms. The molecular weight excluding hydrogens is 286 g/mol. The fourth-order valence-electron chi connectivity index (χ4n) is 1.90. The molecule has 1 aliphatic heterocycles. The molecule has 0 amide bonds. The number of thiazole rings is 1. The smallest absolute Gasteiger partial charge is 0.251 e. The molecular formula is C11H19N3O3S2. The second kappa shape index (κ2) is 6.76. The van der Waals surface area contributed by atoms with Crippen molar-refractivity contribution in [1.29, 1.82) is 0 Å². The summed E-state index contributed by atoms with van der Waals surface area (Å²) in [5.74, 6) is 0. The highest BCUT2D eigenvalue weighted by Gasteiger charge is 2.17. The maximum atomic E-state index is 11.9. The lowest BCUT2D eigenvalue weighted by Gasteiger charge is -2.22. The Hall–Kier alpha value is -0.540. The maximum Gasteiger partial charge on any atom is 0.251 e. The normalized spacial score (nSPS) is 17.7. The van der Waals surface area contributed by atoms with Gasteiger partial charge in [0.2, 0.25) is 0 Å². The lowest BCUT2D eigenvalue weighted by molar-refractivity contribution is 0.0367. The van der Waals surface area contributed by atoms with Gasteiger partial charge in [0, 0.05) is 6.54 Å². The predicted molar refractivity (Wildman–Crippen MR) is 73.9 cm³/mol. The summed E-state index contributed by atoms with van der Waals surface area (Å²) in [6.07, 6.45) is 3.61. The van der Waals surface area contributed by atoms with E-state index in [0.717, 1.165) is 30.9 Å². The van der Waals surface area contributed by atoms with Crippen molar-refractivity contribution in [2.75, 3.05) is 26.2 Å². The second-order valence-corrected chi connectivity index (χ2v) is 7.64. The molecule has 2 rings (SSSR count). The third kappa shape index (κ3) is 4.50. The van der Waals surface area contributed by atoms with Gasteiger partial charge in [-0.25, -0.2) is 18.1 Å². The van der Waals surface area contributed by atoms with E-state index in [-0.39, 0.29) is 10.3 Å². The summed E-state index contributed by atoms with van der Waals surface area (Å²) in [7, 11) is -3.43. The van der Waals surface area contributed by atoms with E-state index in [4.69, 9.17) is 4.74 Å². The van der Waals surface area contributed by atoms with E-state index >= 15 is 0 Å². The fourth-order valence-corrected chi connectivity index (χ4v) is 4.07. The number of hydrogen-bond acceptors (Lipinski definition) is 6. The Morgan fingerprint density at radius 3 is 2.89 bits per heavy atom. The highest BCUT2D eigenvalue weighted by atomic mass is 32.2. The standard InChI is InChI=1S/C11H19N3O3S2/c1-9-13-8-11(18-9)19(15,16)14-6-7-17-10-2-4-12-5-3-10/h8,10,12,14H,2-7H2,1H3. The molecule has 108 valence electrons. The molecule has 1 saturated heterocycles. The average Bonchev–Trinajstić information content (AvgIpc) is 2.84. The van der Waals surface area contributed by atoms with Crippen LogP contribution >= 0.6 is 11.3 Å². The van der Waals surface area contributed by atoms with Crippen molar-refractivity contribution in [2.24, 2.45) is 0 Å². The predicted octanol–water partition coefficient (Wildman–Crippen LogP) is 0.498. The van der Waals surface area contributed by atoms with Crippen LogP contribution in [0.4, 0.5) is 0 Å². The number of sulfonamides is 1. The van der Waals surface area contributed by atoms with Crippen molar-refractivity contribution in [3.8, 4) is 0 Å². The van der Waals surface area contributed by atoms with Gasteiger partial charge >= 0.3 is 0 Å². The molecule has 1 aromatic heterocycles. The summed E-state index contributed by atoms with van der Waals surface area (Å²) in [5.41, 5.74) is 0. The summed E-state index contributed by atoms with van der Waals surface area (Å²) in [4.78, 5) is 3.95. The summed E-state index contributed by atoms with van der Waals surface area (Å²) in [6, 6.07) is 0. The molecule has 19 heavy (non-hydrogen) atoms. The number of aryl methyl sites for hydroxylation is 1. The van der Waals surface area contributed by atoms with Crippen LogP contribution in [0.25, 0.3) is 0 Å². The number of ether oxygens (including phenoxy) is 1. The van der Waals surface area contributed by atoms with Crippen molar-refractivity contribution >= 4 is 21.4 Å². The van der Waals surface area contributed by atoms with Gasteiger partial charge in [0.15, 0.2) is 4.21 Å². The molecule has 0 unspecified atom stereocenters. The topological polar surface area (TPSA) is 80.3 Å². The second-order valence-electron chi connectivity index (χ2n) is 4.42. The molecule has 1 fully saturated rings. The first-order valence-corrected chi connectivity index (χ1v) is 8.62. The summed E-state index contributed by atoms with van der Waals surface area (Å²) < 4.78 is 32.2. The molecule has 0 saturated carbocycles. The summed E-state index contributed by atoms with van der Waals surface area (Å²) >= 11 is 1.17. The summed E-state index contributed by atoms with van der Waals surface area (Å²) in [5, 5.41) is 4.00. The molecule has 0 radical (unpaired) electrons. The Bertz CT molecular complexity index is 495. The van der Waals surface area contributed by atoms with Crippen LogP contribution in [-0.2, 0) is 14.8 Å². The Labute approximate surface area is 117 Å². The van der Waals surface area contributed by atoms with Crippen LogP contribution in [0.3, 0.4) is 0 Å². The molecule has 2 heterocycles. The van der Waals surface area contributed by atoms with Gasteiger partial charge in [-0.3, -0.25) is 0 Å². The first-order chi connectivity index (χ1) is 9.08. The van der Waals surface area contributed by atoms with Crippen molar-refractivity contribution in [3.05, 3.63) is 11.2 Å². The van der Waals surface area contributed by atoms with Crippen LogP contribution in [0.2, 0.25) is 0 Å². The number of aromatic nitrogens is 1. The van der Waals surface area contributed by atoms with E-state index in [1.165, 1.54) is 17.5 Å². The van der Waals surface area contributed by atoms with E-state index in [1.54, 1.807) is 6.92 Å². The average molecular weight is 305 g/mol. The monoisotopic (exact) mass is 305 g/mol. The highest BCUT2D eigenvalue weighted by Crippen LogP contribution is 2.17. The van der Waals surface area contributed by atoms with Crippen molar-refractivity contribution in [3.63, 3.8) is 0 Å². The third-order valence-corrected chi connectivity index (χ3v) is 5.73. The Balaban J connectivity index is 1.72. The molecule has 0 atom stereocenters. The van der Waals surface area contributed by atoms with E-state index in [9.17, 15) is 8.42 Å². The zero-order valence-electron chi connectivity index (χ0n) is 10.9. The number of rotatable bonds is 6. The Morgan fingerprint density at radius 1 is 1.53 bits per heavy atom.